The van der Waals surface area contributed by atoms with Gasteiger partial charge in [0.2, 0.25) is 0 Å². The molecule has 0 aliphatic carbocycles. The Morgan fingerprint density at radius 2 is 1.67 bits per heavy atom. The maximum Gasteiger partial charge on any atom is 0.0126 e. The number of alkyl halides is 1. The summed E-state index contributed by atoms with van der Waals surface area (Å²) in [7, 11) is 0. The van der Waals surface area contributed by atoms with Crippen molar-refractivity contribution in [3.05, 3.63) is 0 Å². The van der Waals surface area contributed by atoms with Gasteiger partial charge in [0, 0.05) is 43.6 Å². The summed E-state index contributed by atoms with van der Waals surface area (Å²) >= 11 is 3.55. The van der Waals surface area contributed by atoms with E-state index in [1.807, 2.05) is 0 Å². The molecule has 1 heterocycles. The Kier molecular flexibility index (Phi) is 5.07. The highest BCUT2D eigenvalue weighted by molar-refractivity contribution is 9.09. The van der Waals surface area contributed by atoms with Crippen LogP contribution in [0.25, 0.3) is 0 Å². The molecule has 1 unspecified atom stereocenters. The molecular formula is C12H25BrN2. The third-order valence-corrected chi connectivity index (χ3v) is 4.26. The summed E-state index contributed by atoms with van der Waals surface area (Å²) < 4.78 is 0. The molecule has 0 aromatic heterocycles. The van der Waals surface area contributed by atoms with Crippen LogP contribution in [0.5, 0.6) is 0 Å². The second-order valence-electron chi connectivity index (χ2n) is 5.72. The van der Waals surface area contributed by atoms with Crippen LogP contribution in [0.2, 0.25) is 0 Å². The number of piperazine rings is 1. The molecule has 0 aromatic carbocycles. The summed E-state index contributed by atoms with van der Waals surface area (Å²) in [4.78, 5) is 5.18. The van der Waals surface area contributed by atoms with E-state index < -0.39 is 0 Å². The number of halogens is 1. The Morgan fingerprint density at radius 1 is 1.13 bits per heavy atom. The van der Waals surface area contributed by atoms with Gasteiger partial charge in [0.25, 0.3) is 0 Å². The Bertz CT molecular complexity index is 181. The predicted molar refractivity (Wildman–Crippen MR) is 70.7 cm³/mol. The fourth-order valence-electron chi connectivity index (χ4n) is 2.09. The fraction of sp³-hybridized carbons (Fsp3) is 1.00. The van der Waals surface area contributed by atoms with E-state index in [0.717, 1.165) is 11.2 Å². The number of hydrogen-bond donors (Lipinski definition) is 0. The lowest BCUT2D eigenvalue weighted by atomic mass is 10.0. The molecule has 0 N–H and O–H groups in total. The van der Waals surface area contributed by atoms with Gasteiger partial charge in [0.05, 0.1) is 0 Å². The Hall–Kier alpha value is 0.400. The lowest BCUT2D eigenvalue weighted by Gasteiger charge is -2.42. The van der Waals surface area contributed by atoms with Gasteiger partial charge in [-0.2, -0.15) is 0 Å². The van der Waals surface area contributed by atoms with Crippen LogP contribution in [0.3, 0.4) is 0 Å². The largest absolute Gasteiger partial charge is 0.300 e. The number of rotatable bonds is 3. The first-order chi connectivity index (χ1) is 6.93. The van der Waals surface area contributed by atoms with E-state index in [1.54, 1.807) is 0 Å². The number of hydrogen-bond acceptors (Lipinski definition) is 2. The smallest absolute Gasteiger partial charge is 0.0126 e. The van der Waals surface area contributed by atoms with E-state index in [2.05, 4.69) is 53.4 Å². The van der Waals surface area contributed by atoms with Crippen molar-refractivity contribution < 1.29 is 0 Å². The van der Waals surface area contributed by atoms with Crippen LogP contribution in [-0.4, -0.2) is 53.4 Å². The van der Waals surface area contributed by atoms with E-state index in [9.17, 15) is 0 Å². The van der Waals surface area contributed by atoms with Gasteiger partial charge in [-0.3, -0.25) is 4.90 Å². The second-order valence-corrected chi connectivity index (χ2v) is 6.37. The maximum atomic E-state index is 3.55. The van der Waals surface area contributed by atoms with Crippen molar-refractivity contribution in [2.45, 2.75) is 33.2 Å². The van der Waals surface area contributed by atoms with Crippen LogP contribution in [0.15, 0.2) is 0 Å². The minimum Gasteiger partial charge on any atom is -0.300 e. The summed E-state index contributed by atoms with van der Waals surface area (Å²) in [6.45, 7) is 15.4. The summed E-state index contributed by atoms with van der Waals surface area (Å²) in [5.74, 6) is 0.770. The number of nitrogens with zero attached hydrogens (tertiary/aromatic N) is 2. The monoisotopic (exact) mass is 276 g/mol. The van der Waals surface area contributed by atoms with Gasteiger partial charge >= 0.3 is 0 Å². The van der Waals surface area contributed by atoms with Crippen LogP contribution < -0.4 is 0 Å². The first-order valence-corrected chi connectivity index (χ1v) is 7.09. The van der Waals surface area contributed by atoms with Gasteiger partial charge in [-0.25, -0.2) is 0 Å². The molecule has 0 saturated carbocycles. The molecule has 90 valence electrons. The van der Waals surface area contributed by atoms with Gasteiger partial charge in [-0.05, 0) is 26.7 Å². The lowest BCUT2D eigenvalue weighted by Crippen LogP contribution is -2.54. The van der Waals surface area contributed by atoms with Crippen molar-refractivity contribution >= 4 is 15.9 Å². The van der Waals surface area contributed by atoms with Crippen molar-refractivity contribution in [3.63, 3.8) is 0 Å². The molecular weight excluding hydrogens is 252 g/mol. The van der Waals surface area contributed by atoms with Crippen molar-refractivity contribution in [2.24, 2.45) is 5.92 Å². The third kappa shape index (κ3) is 4.41. The first kappa shape index (κ1) is 13.5. The average molecular weight is 277 g/mol. The van der Waals surface area contributed by atoms with Crippen molar-refractivity contribution in [3.8, 4) is 0 Å². The topological polar surface area (TPSA) is 6.48 Å². The molecule has 1 atom stereocenters. The summed E-state index contributed by atoms with van der Waals surface area (Å²) in [5, 5.41) is 1.12. The molecule has 0 bridgehead atoms. The minimum absolute atomic E-state index is 0.340. The molecule has 0 amide bonds. The van der Waals surface area contributed by atoms with Gasteiger partial charge in [0.15, 0.2) is 0 Å². The molecule has 0 radical (unpaired) electrons. The van der Waals surface area contributed by atoms with E-state index in [4.69, 9.17) is 0 Å². The van der Waals surface area contributed by atoms with E-state index >= 15 is 0 Å². The van der Waals surface area contributed by atoms with Crippen molar-refractivity contribution in [1.29, 1.82) is 0 Å². The molecule has 1 fully saturated rings. The molecule has 2 nitrogen and oxygen atoms in total. The molecule has 0 aromatic rings. The summed E-state index contributed by atoms with van der Waals surface area (Å²) in [6, 6.07) is 0. The predicted octanol–water partition coefficient (Wildman–Crippen LogP) is 2.43. The quantitative estimate of drug-likeness (QED) is 0.731. The third-order valence-electron chi connectivity index (χ3n) is 3.15. The highest BCUT2D eigenvalue weighted by Gasteiger charge is 2.25. The molecule has 1 rings (SSSR count). The fourth-order valence-corrected chi connectivity index (χ4v) is 2.30. The van der Waals surface area contributed by atoms with Gasteiger partial charge in [-0.15, -0.1) is 0 Å². The lowest BCUT2D eigenvalue weighted by molar-refractivity contribution is 0.0578. The molecule has 1 aliphatic heterocycles. The maximum absolute atomic E-state index is 3.55. The van der Waals surface area contributed by atoms with E-state index in [0.29, 0.717) is 5.54 Å². The molecule has 3 heteroatoms. The average Bonchev–Trinajstić information content (AvgIpc) is 2.17. The second kappa shape index (κ2) is 5.65. The van der Waals surface area contributed by atoms with Crippen molar-refractivity contribution in [1.82, 2.24) is 9.80 Å². The van der Waals surface area contributed by atoms with Gasteiger partial charge in [0.1, 0.15) is 0 Å². The molecule has 1 aliphatic rings. The van der Waals surface area contributed by atoms with Crippen LogP contribution in [-0.2, 0) is 0 Å². The van der Waals surface area contributed by atoms with E-state index in [-0.39, 0.29) is 0 Å². The molecule has 1 saturated heterocycles. The van der Waals surface area contributed by atoms with Crippen molar-refractivity contribution in [2.75, 3.05) is 38.1 Å². The molecule has 0 spiro atoms. The summed E-state index contributed by atoms with van der Waals surface area (Å²) in [6.07, 6.45) is 0. The zero-order valence-electron chi connectivity index (χ0n) is 10.6. The summed E-state index contributed by atoms with van der Waals surface area (Å²) in [5.41, 5.74) is 0.340. The Balaban J connectivity index is 2.30. The van der Waals surface area contributed by atoms with E-state index in [1.165, 1.54) is 32.7 Å². The van der Waals surface area contributed by atoms with Crippen LogP contribution in [0.4, 0.5) is 0 Å². The van der Waals surface area contributed by atoms with Gasteiger partial charge < -0.3 is 4.90 Å². The highest BCUT2D eigenvalue weighted by atomic mass is 79.9. The van der Waals surface area contributed by atoms with Gasteiger partial charge in [-0.1, -0.05) is 22.9 Å². The van der Waals surface area contributed by atoms with Crippen LogP contribution in [0.1, 0.15) is 27.7 Å². The Labute approximate surface area is 103 Å². The standard InChI is InChI=1S/C12H25BrN2/c1-11(9-13)10-14-5-7-15(8-6-14)12(2,3)4/h11H,5-10H2,1-4H3. The highest BCUT2D eigenvalue weighted by Crippen LogP contribution is 2.16. The zero-order chi connectivity index (χ0) is 11.5. The van der Waals surface area contributed by atoms with Crippen LogP contribution >= 0.6 is 15.9 Å². The SMILES string of the molecule is CC(CBr)CN1CCN(C(C)(C)C)CC1. The Morgan fingerprint density at radius 3 is 2.07 bits per heavy atom. The zero-order valence-corrected chi connectivity index (χ0v) is 12.2. The normalized spacial score (nSPS) is 23.0. The molecule has 15 heavy (non-hydrogen) atoms. The minimum atomic E-state index is 0.340. The van der Waals surface area contributed by atoms with Crippen LogP contribution in [0, 0.1) is 5.92 Å². The first-order valence-electron chi connectivity index (χ1n) is 5.97.